The molecule has 0 N–H and O–H groups in total. The highest BCUT2D eigenvalue weighted by Crippen LogP contribution is 2.46. The van der Waals surface area contributed by atoms with E-state index in [2.05, 4.69) is 20.0 Å². The van der Waals surface area contributed by atoms with Crippen molar-refractivity contribution in [2.24, 2.45) is 11.8 Å². The van der Waals surface area contributed by atoms with Gasteiger partial charge in [-0.1, -0.05) is 35.5 Å². The van der Waals surface area contributed by atoms with Gasteiger partial charge >= 0.3 is 0 Å². The summed E-state index contributed by atoms with van der Waals surface area (Å²) in [6.07, 6.45) is 4.72. The summed E-state index contributed by atoms with van der Waals surface area (Å²) < 4.78 is 32.0. The smallest absolute Gasteiger partial charge is 0.241 e. The quantitative estimate of drug-likeness (QED) is 0.619. The number of aromatic nitrogens is 3. The van der Waals surface area contributed by atoms with Crippen molar-refractivity contribution in [3.05, 3.63) is 66.3 Å². The lowest BCUT2D eigenvalue weighted by Crippen LogP contribution is -2.35. The largest absolute Gasteiger partial charge is 0.338 e. The predicted octanol–water partition coefficient (Wildman–Crippen LogP) is 2.20. The minimum Gasteiger partial charge on any atom is -0.338 e. The Bertz CT molecular complexity index is 1120. The first-order valence-electron chi connectivity index (χ1n) is 9.96. The molecule has 2 saturated heterocycles. The number of likely N-dealkylation sites (tertiary alicyclic amines) is 1. The zero-order chi connectivity index (χ0) is 20.7. The van der Waals surface area contributed by atoms with Gasteiger partial charge in [-0.2, -0.15) is 9.29 Å². The van der Waals surface area contributed by atoms with Gasteiger partial charge in [-0.05, 0) is 29.5 Å². The maximum absolute atomic E-state index is 12.4. The molecule has 9 heteroatoms. The molecule has 5 rings (SSSR count). The number of nitrogens with zero attached hydrogens (tertiary/aromatic N) is 5. The van der Waals surface area contributed by atoms with Crippen molar-refractivity contribution in [3.8, 4) is 11.4 Å². The van der Waals surface area contributed by atoms with Gasteiger partial charge in [0.2, 0.25) is 21.7 Å². The highest BCUT2D eigenvalue weighted by atomic mass is 32.2. The molecule has 156 valence electrons. The highest BCUT2D eigenvalue weighted by molar-refractivity contribution is 7.88. The Kier molecular flexibility index (Phi) is 4.88. The summed E-state index contributed by atoms with van der Waals surface area (Å²) in [5.41, 5.74) is 1.87. The maximum Gasteiger partial charge on any atom is 0.241 e. The van der Waals surface area contributed by atoms with E-state index in [1.54, 1.807) is 16.7 Å². The number of pyridine rings is 1. The molecule has 0 unspecified atom stereocenters. The Morgan fingerprint density at radius 3 is 2.67 bits per heavy atom. The van der Waals surface area contributed by atoms with Gasteiger partial charge < -0.3 is 4.52 Å². The lowest BCUT2D eigenvalue weighted by molar-refractivity contribution is 0.231. The molecule has 2 fully saturated rings. The fourth-order valence-electron chi connectivity index (χ4n) is 4.75. The van der Waals surface area contributed by atoms with Crippen LogP contribution in [0.25, 0.3) is 11.4 Å². The fourth-order valence-corrected chi connectivity index (χ4v) is 5.91. The van der Waals surface area contributed by atoms with Crippen LogP contribution >= 0.6 is 0 Å². The fraction of sp³-hybridized carbons (Fsp3) is 0.381. The average Bonchev–Trinajstić information content (AvgIpc) is 3.43. The minimum atomic E-state index is -3.28. The van der Waals surface area contributed by atoms with Crippen LogP contribution < -0.4 is 0 Å². The lowest BCUT2D eigenvalue weighted by Gasteiger charge is -2.27. The van der Waals surface area contributed by atoms with Gasteiger partial charge in [-0.3, -0.25) is 9.88 Å². The van der Waals surface area contributed by atoms with Crippen molar-refractivity contribution in [1.82, 2.24) is 24.3 Å². The van der Waals surface area contributed by atoms with Crippen LogP contribution in [-0.4, -0.2) is 58.6 Å². The minimum absolute atomic E-state index is 0.134. The van der Waals surface area contributed by atoms with Crippen molar-refractivity contribution in [3.63, 3.8) is 0 Å². The van der Waals surface area contributed by atoms with Gasteiger partial charge in [-0.15, -0.1) is 0 Å². The molecule has 2 aromatic heterocycles. The third-order valence-corrected chi connectivity index (χ3v) is 7.24. The Morgan fingerprint density at radius 2 is 1.93 bits per heavy atom. The first-order valence-corrected chi connectivity index (χ1v) is 11.8. The average molecular weight is 426 g/mol. The van der Waals surface area contributed by atoms with E-state index in [0.29, 0.717) is 24.8 Å². The van der Waals surface area contributed by atoms with E-state index in [9.17, 15) is 8.42 Å². The Labute approximate surface area is 175 Å². The standard InChI is InChI=1S/C21H23N5O3S/c1-30(27,28)26-12-17-11-25(13-18(17)20(26)15-6-3-2-4-7-15)14-19-23-21(24-29-19)16-8-5-9-22-10-16/h2-10,17-18,20H,11-14H2,1H3/t17-,18-,20+/m1/s1. The molecule has 0 aliphatic carbocycles. The van der Waals surface area contributed by atoms with Gasteiger partial charge in [0.15, 0.2) is 0 Å². The molecule has 0 saturated carbocycles. The van der Waals surface area contributed by atoms with Crippen LogP contribution in [0.1, 0.15) is 17.5 Å². The van der Waals surface area contributed by atoms with E-state index >= 15 is 0 Å². The van der Waals surface area contributed by atoms with E-state index in [1.165, 1.54) is 6.26 Å². The molecular weight excluding hydrogens is 402 g/mol. The van der Waals surface area contributed by atoms with Gasteiger partial charge in [0.1, 0.15) is 0 Å². The second kappa shape index (κ2) is 7.57. The first-order chi connectivity index (χ1) is 14.5. The number of rotatable bonds is 5. The summed E-state index contributed by atoms with van der Waals surface area (Å²) in [5, 5.41) is 4.07. The van der Waals surface area contributed by atoms with Gasteiger partial charge in [0.05, 0.1) is 18.8 Å². The number of benzene rings is 1. The van der Waals surface area contributed by atoms with Crippen molar-refractivity contribution >= 4 is 10.0 Å². The summed E-state index contributed by atoms with van der Waals surface area (Å²) in [5.74, 6) is 1.61. The van der Waals surface area contributed by atoms with Crippen molar-refractivity contribution in [1.29, 1.82) is 0 Å². The monoisotopic (exact) mass is 425 g/mol. The number of fused-ring (bicyclic) bond motifs is 1. The highest BCUT2D eigenvalue weighted by Gasteiger charge is 2.50. The maximum atomic E-state index is 12.4. The zero-order valence-corrected chi connectivity index (χ0v) is 17.4. The third-order valence-electron chi connectivity index (χ3n) is 6.01. The summed E-state index contributed by atoms with van der Waals surface area (Å²) >= 11 is 0. The van der Waals surface area contributed by atoms with E-state index in [0.717, 1.165) is 24.2 Å². The molecule has 0 radical (unpaired) electrons. The molecule has 3 atom stereocenters. The molecule has 2 aliphatic rings. The van der Waals surface area contributed by atoms with Crippen LogP contribution in [0, 0.1) is 11.8 Å². The molecule has 3 aromatic rings. The van der Waals surface area contributed by atoms with Crippen LogP contribution in [0.3, 0.4) is 0 Å². The van der Waals surface area contributed by atoms with Crippen LogP contribution in [0.5, 0.6) is 0 Å². The van der Waals surface area contributed by atoms with Crippen molar-refractivity contribution < 1.29 is 12.9 Å². The summed E-state index contributed by atoms with van der Waals surface area (Å²) in [6.45, 7) is 2.70. The Morgan fingerprint density at radius 1 is 1.10 bits per heavy atom. The van der Waals surface area contributed by atoms with Crippen molar-refractivity contribution in [2.75, 3.05) is 25.9 Å². The molecule has 2 aliphatic heterocycles. The molecule has 0 amide bonds. The van der Waals surface area contributed by atoms with Gasteiger partial charge in [0, 0.05) is 37.6 Å². The Hall–Kier alpha value is -2.62. The van der Waals surface area contributed by atoms with E-state index in [1.807, 2.05) is 42.5 Å². The molecule has 0 bridgehead atoms. The van der Waals surface area contributed by atoms with E-state index in [4.69, 9.17) is 4.52 Å². The van der Waals surface area contributed by atoms with E-state index < -0.39 is 10.0 Å². The molecule has 0 spiro atoms. The van der Waals surface area contributed by atoms with Crippen LogP contribution in [0.15, 0.2) is 59.4 Å². The SMILES string of the molecule is CS(=O)(=O)N1C[C@H]2CN(Cc3nc(-c4cccnc4)no3)C[C@H]2[C@@H]1c1ccccc1. The first kappa shape index (κ1) is 19.3. The molecule has 1 aromatic carbocycles. The molecule has 8 nitrogen and oxygen atoms in total. The summed E-state index contributed by atoms with van der Waals surface area (Å²) in [7, 11) is -3.28. The second-order valence-corrected chi connectivity index (χ2v) is 9.99. The zero-order valence-electron chi connectivity index (χ0n) is 16.6. The molecular formula is C21H23N5O3S. The number of hydrogen-bond donors (Lipinski definition) is 0. The number of hydrogen-bond acceptors (Lipinski definition) is 7. The second-order valence-electron chi connectivity index (χ2n) is 8.06. The van der Waals surface area contributed by atoms with E-state index in [-0.39, 0.29) is 17.9 Å². The summed E-state index contributed by atoms with van der Waals surface area (Å²) in [6, 6.07) is 13.5. The lowest BCUT2D eigenvalue weighted by atomic mass is 9.90. The van der Waals surface area contributed by atoms with Crippen LogP contribution in [0.2, 0.25) is 0 Å². The summed E-state index contributed by atoms with van der Waals surface area (Å²) in [4.78, 5) is 10.9. The van der Waals surface area contributed by atoms with Gasteiger partial charge in [0.25, 0.3) is 0 Å². The topological polar surface area (TPSA) is 92.4 Å². The van der Waals surface area contributed by atoms with Gasteiger partial charge in [-0.25, -0.2) is 8.42 Å². The molecule has 30 heavy (non-hydrogen) atoms. The van der Waals surface area contributed by atoms with Crippen LogP contribution in [-0.2, 0) is 16.6 Å². The number of sulfonamides is 1. The Balaban J connectivity index is 1.33. The van der Waals surface area contributed by atoms with Crippen LogP contribution in [0.4, 0.5) is 0 Å². The normalized spacial score (nSPS) is 24.9. The predicted molar refractivity (Wildman–Crippen MR) is 111 cm³/mol. The van der Waals surface area contributed by atoms with Crippen molar-refractivity contribution in [2.45, 2.75) is 12.6 Å². The third kappa shape index (κ3) is 3.64. The molecule has 4 heterocycles.